The number of benzene rings is 1. The highest BCUT2D eigenvalue weighted by molar-refractivity contribution is 5.97. The van der Waals surface area contributed by atoms with Gasteiger partial charge < -0.3 is 5.73 Å². The van der Waals surface area contributed by atoms with Crippen molar-refractivity contribution in [2.75, 3.05) is 19.6 Å². The Morgan fingerprint density at radius 1 is 1.11 bits per heavy atom. The van der Waals surface area contributed by atoms with Gasteiger partial charge in [-0.05, 0) is 18.5 Å². The van der Waals surface area contributed by atoms with E-state index in [4.69, 9.17) is 5.73 Å². The van der Waals surface area contributed by atoms with Gasteiger partial charge in [0.05, 0.1) is 13.1 Å². The number of nitrogens with two attached hydrogens (primary N) is 1. The summed E-state index contributed by atoms with van der Waals surface area (Å²) in [4.78, 5) is 24.7. The third kappa shape index (κ3) is 5.22. The molecule has 1 aromatic rings. The Balaban J connectivity index is 2.63. The first-order chi connectivity index (χ1) is 9.06. The van der Waals surface area contributed by atoms with Crippen molar-refractivity contribution in [2.45, 2.75) is 26.7 Å². The van der Waals surface area contributed by atoms with Crippen molar-refractivity contribution in [3.63, 3.8) is 0 Å². The number of carbonyl (C=O) groups excluding carboxylic acids is 2. The molecule has 0 aliphatic rings. The number of carbonyl (C=O) groups is 2. The smallest absolute Gasteiger partial charge is 0.231 e. The predicted octanol–water partition coefficient (Wildman–Crippen LogP) is 1.63. The number of hydrogen-bond donors (Lipinski definition) is 1. The van der Waals surface area contributed by atoms with Crippen LogP contribution in [0.3, 0.4) is 0 Å². The lowest BCUT2D eigenvalue weighted by Crippen LogP contribution is -2.37. The van der Waals surface area contributed by atoms with E-state index in [9.17, 15) is 9.59 Å². The maximum atomic E-state index is 12.1. The fourth-order valence-electron chi connectivity index (χ4n) is 1.94. The maximum absolute atomic E-state index is 12.1. The van der Waals surface area contributed by atoms with E-state index in [0.29, 0.717) is 12.1 Å². The van der Waals surface area contributed by atoms with E-state index >= 15 is 0 Å². The molecule has 0 fully saturated rings. The van der Waals surface area contributed by atoms with Gasteiger partial charge in [-0.2, -0.15) is 0 Å². The Labute approximate surface area is 114 Å². The summed E-state index contributed by atoms with van der Waals surface area (Å²) in [7, 11) is 0. The molecule has 2 N–H and O–H groups in total. The van der Waals surface area contributed by atoms with Crippen LogP contribution < -0.4 is 5.73 Å². The van der Waals surface area contributed by atoms with Gasteiger partial charge in [-0.1, -0.05) is 44.5 Å². The van der Waals surface area contributed by atoms with Gasteiger partial charge in [-0.3, -0.25) is 14.5 Å². The molecule has 1 amide bonds. The molecule has 0 unspecified atom stereocenters. The zero-order chi connectivity index (χ0) is 14.3. The molecule has 104 valence electrons. The van der Waals surface area contributed by atoms with Crippen molar-refractivity contribution >= 4 is 11.7 Å². The Hall–Kier alpha value is -1.68. The van der Waals surface area contributed by atoms with Crippen molar-refractivity contribution in [1.29, 1.82) is 0 Å². The van der Waals surface area contributed by atoms with E-state index in [0.717, 1.165) is 12.8 Å². The molecule has 4 nitrogen and oxygen atoms in total. The standard InChI is InChI=1S/C15H22N2O2/c1-3-5-12-6-8-13(9-7-12)14(18)10-17(4-2)11-15(16)19/h6-9H,3-5,10-11H2,1-2H3,(H2,16,19). The van der Waals surface area contributed by atoms with E-state index in [2.05, 4.69) is 6.92 Å². The number of amides is 1. The number of Topliss-reactive ketones (excluding diaryl/α,β-unsaturated/α-hetero) is 1. The quantitative estimate of drug-likeness (QED) is 0.724. The second-order valence-corrected chi connectivity index (χ2v) is 4.64. The van der Waals surface area contributed by atoms with Crippen LogP contribution in [0, 0.1) is 0 Å². The Morgan fingerprint density at radius 3 is 2.21 bits per heavy atom. The summed E-state index contributed by atoms with van der Waals surface area (Å²) >= 11 is 0. The van der Waals surface area contributed by atoms with Crippen LogP contribution in [-0.2, 0) is 11.2 Å². The third-order valence-electron chi connectivity index (χ3n) is 3.01. The molecule has 19 heavy (non-hydrogen) atoms. The molecule has 0 atom stereocenters. The lowest BCUT2D eigenvalue weighted by Gasteiger charge is -2.17. The number of hydrogen-bond acceptors (Lipinski definition) is 3. The molecule has 0 aliphatic heterocycles. The average Bonchev–Trinajstić information content (AvgIpc) is 2.38. The fourth-order valence-corrected chi connectivity index (χ4v) is 1.94. The van der Waals surface area contributed by atoms with Crippen LogP contribution in [-0.4, -0.2) is 36.2 Å². The highest BCUT2D eigenvalue weighted by Crippen LogP contribution is 2.08. The van der Waals surface area contributed by atoms with Crippen LogP contribution in [0.25, 0.3) is 0 Å². The predicted molar refractivity (Wildman–Crippen MR) is 76.1 cm³/mol. The Bertz CT molecular complexity index is 426. The molecule has 1 aromatic carbocycles. The molecule has 0 saturated heterocycles. The van der Waals surface area contributed by atoms with Gasteiger partial charge in [0.1, 0.15) is 0 Å². The first-order valence-corrected chi connectivity index (χ1v) is 6.69. The molecule has 0 aromatic heterocycles. The molecule has 0 radical (unpaired) electrons. The zero-order valence-corrected chi connectivity index (χ0v) is 11.7. The van der Waals surface area contributed by atoms with Crippen LogP contribution in [0.4, 0.5) is 0 Å². The van der Waals surface area contributed by atoms with Crippen LogP contribution in [0.2, 0.25) is 0 Å². The van der Waals surface area contributed by atoms with Crippen LogP contribution in [0.15, 0.2) is 24.3 Å². The fraction of sp³-hybridized carbons (Fsp3) is 0.467. The van der Waals surface area contributed by atoms with Crippen molar-refractivity contribution in [2.24, 2.45) is 5.73 Å². The normalized spacial score (nSPS) is 10.7. The molecule has 4 heteroatoms. The van der Waals surface area contributed by atoms with Crippen molar-refractivity contribution in [3.8, 4) is 0 Å². The minimum atomic E-state index is -0.409. The van der Waals surface area contributed by atoms with Crippen LogP contribution in [0.5, 0.6) is 0 Å². The van der Waals surface area contributed by atoms with E-state index < -0.39 is 5.91 Å². The second-order valence-electron chi connectivity index (χ2n) is 4.64. The van der Waals surface area contributed by atoms with E-state index in [1.54, 1.807) is 4.90 Å². The van der Waals surface area contributed by atoms with E-state index in [1.807, 2.05) is 31.2 Å². The SMILES string of the molecule is CCCc1ccc(C(=O)CN(CC)CC(N)=O)cc1. The van der Waals surface area contributed by atoms with Gasteiger partial charge in [0.25, 0.3) is 0 Å². The van der Waals surface area contributed by atoms with Gasteiger partial charge >= 0.3 is 0 Å². The first kappa shape index (κ1) is 15.4. The highest BCUT2D eigenvalue weighted by Gasteiger charge is 2.12. The number of aryl methyl sites for hydroxylation is 1. The van der Waals surface area contributed by atoms with E-state index in [1.165, 1.54) is 5.56 Å². The summed E-state index contributed by atoms with van der Waals surface area (Å²) in [5.41, 5.74) is 7.07. The minimum absolute atomic E-state index is 0.0196. The molecule has 0 bridgehead atoms. The zero-order valence-electron chi connectivity index (χ0n) is 11.7. The molecule has 0 heterocycles. The van der Waals surface area contributed by atoms with E-state index in [-0.39, 0.29) is 18.9 Å². The summed E-state index contributed by atoms with van der Waals surface area (Å²) in [5, 5.41) is 0. The molecular formula is C15H22N2O2. The second kappa shape index (κ2) is 7.69. The van der Waals surface area contributed by atoms with Crippen molar-refractivity contribution in [1.82, 2.24) is 4.90 Å². The molecular weight excluding hydrogens is 240 g/mol. The van der Waals surface area contributed by atoms with Gasteiger partial charge in [-0.25, -0.2) is 0 Å². The van der Waals surface area contributed by atoms with Crippen molar-refractivity contribution < 1.29 is 9.59 Å². The largest absolute Gasteiger partial charge is 0.369 e. The maximum Gasteiger partial charge on any atom is 0.231 e. The van der Waals surface area contributed by atoms with Crippen LogP contribution >= 0.6 is 0 Å². The first-order valence-electron chi connectivity index (χ1n) is 6.69. The summed E-state index contributed by atoms with van der Waals surface area (Å²) < 4.78 is 0. The van der Waals surface area contributed by atoms with Gasteiger partial charge in [-0.15, -0.1) is 0 Å². The number of rotatable bonds is 8. The Morgan fingerprint density at radius 2 is 1.74 bits per heavy atom. The lowest BCUT2D eigenvalue weighted by molar-refractivity contribution is -0.118. The van der Waals surface area contributed by atoms with Gasteiger partial charge in [0, 0.05) is 5.56 Å². The summed E-state index contributed by atoms with van der Waals surface area (Å²) in [6.07, 6.45) is 2.12. The average molecular weight is 262 g/mol. The highest BCUT2D eigenvalue weighted by atomic mass is 16.1. The van der Waals surface area contributed by atoms with Gasteiger partial charge in [0.15, 0.2) is 5.78 Å². The summed E-state index contributed by atoms with van der Waals surface area (Å²) in [6, 6.07) is 7.68. The number of ketones is 1. The Kier molecular flexibility index (Phi) is 6.22. The summed E-state index contributed by atoms with van der Waals surface area (Å²) in [6.45, 7) is 5.01. The minimum Gasteiger partial charge on any atom is -0.369 e. The summed E-state index contributed by atoms with van der Waals surface area (Å²) in [5.74, 6) is -0.390. The monoisotopic (exact) mass is 262 g/mol. The van der Waals surface area contributed by atoms with Gasteiger partial charge in [0.2, 0.25) is 5.91 Å². The lowest BCUT2D eigenvalue weighted by atomic mass is 10.1. The molecule has 0 saturated carbocycles. The van der Waals surface area contributed by atoms with Crippen LogP contribution in [0.1, 0.15) is 36.2 Å². The molecule has 1 rings (SSSR count). The number of primary amides is 1. The molecule has 0 aliphatic carbocycles. The molecule has 0 spiro atoms. The number of nitrogens with zero attached hydrogens (tertiary/aromatic N) is 1. The topological polar surface area (TPSA) is 63.4 Å². The third-order valence-corrected chi connectivity index (χ3v) is 3.01. The van der Waals surface area contributed by atoms with Crippen molar-refractivity contribution in [3.05, 3.63) is 35.4 Å². The number of likely N-dealkylation sites (N-methyl/N-ethyl adjacent to an activating group) is 1.